The molecule has 3 N–H and O–H groups in total. The Labute approximate surface area is 200 Å². The van der Waals surface area contributed by atoms with Gasteiger partial charge in [-0.05, 0) is 55.0 Å². The maximum absolute atomic E-state index is 12.7. The zero-order valence-corrected chi connectivity index (χ0v) is 19.0. The summed E-state index contributed by atoms with van der Waals surface area (Å²) in [7, 11) is -4.63. The molecule has 35 heavy (non-hydrogen) atoms. The van der Waals surface area contributed by atoms with Crippen LogP contribution in [0.15, 0.2) is 78.0 Å². The van der Waals surface area contributed by atoms with Crippen LogP contribution in [0.5, 0.6) is 11.5 Å². The molecule has 3 amide bonds. The van der Waals surface area contributed by atoms with Gasteiger partial charge in [-0.2, -0.15) is 8.42 Å². The molecular formula is C23H20N4O7S. The number of fused-ring (bicyclic) bond motifs is 1. The quantitative estimate of drug-likeness (QED) is 0.269. The number of rotatable bonds is 8. The van der Waals surface area contributed by atoms with Gasteiger partial charge < -0.3 is 10.5 Å². The van der Waals surface area contributed by atoms with Crippen LogP contribution in [-0.2, 0) is 14.8 Å². The van der Waals surface area contributed by atoms with Crippen LogP contribution in [0.2, 0.25) is 0 Å². The third kappa shape index (κ3) is 4.75. The number of imide groups is 1. The fourth-order valence-corrected chi connectivity index (χ4v) is 4.47. The number of amides is 3. The molecule has 0 radical (unpaired) electrons. The minimum atomic E-state index is -4.63. The molecule has 0 spiro atoms. The molecule has 2 aromatic carbocycles. The molecule has 3 aromatic rings. The number of nitrogens with two attached hydrogens (primary N) is 1. The van der Waals surface area contributed by atoms with Crippen molar-refractivity contribution in [3.05, 3.63) is 84.2 Å². The summed E-state index contributed by atoms with van der Waals surface area (Å²) in [6.07, 6.45) is 2.80. The summed E-state index contributed by atoms with van der Waals surface area (Å²) in [5, 5.41) is 10.1. The van der Waals surface area contributed by atoms with Crippen molar-refractivity contribution in [2.24, 2.45) is 5.73 Å². The maximum Gasteiger partial charge on any atom is 0.289 e. The van der Waals surface area contributed by atoms with Crippen molar-refractivity contribution in [3.8, 4) is 11.5 Å². The molecule has 1 unspecified atom stereocenters. The Morgan fingerprint density at radius 2 is 1.51 bits per heavy atom. The topological polar surface area (TPSA) is 160 Å². The number of hydrogen-bond acceptors (Lipinski definition) is 9. The summed E-state index contributed by atoms with van der Waals surface area (Å²) in [5.74, 6) is -1.57. The van der Waals surface area contributed by atoms with E-state index in [0.29, 0.717) is 11.5 Å². The van der Waals surface area contributed by atoms with Gasteiger partial charge in [0.05, 0.1) is 22.1 Å². The van der Waals surface area contributed by atoms with E-state index in [1.807, 2.05) is 0 Å². The molecule has 180 valence electrons. The number of pyridine rings is 1. The lowest BCUT2D eigenvalue weighted by molar-refractivity contribution is -0.147. The minimum Gasteiger partial charge on any atom is -0.457 e. The number of ether oxygens (including phenoxy) is 1. The van der Waals surface area contributed by atoms with Gasteiger partial charge in [0.15, 0.2) is 0 Å². The molecule has 11 nitrogen and oxygen atoms in total. The third-order valence-electron chi connectivity index (χ3n) is 5.28. The zero-order valence-electron chi connectivity index (χ0n) is 18.1. The Morgan fingerprint density at radius 1 is 0.971 bits per heavy atom. The lowest BCUT2D eigenvalue weighted by Crippen LogP contribution is -2.46. The Morgan fingerprint density at radius 3 is 2.09 bits per heavy atom. The molecule has 1 atom stereocenters. The van der Waals surface area contributed by atoms with Gasteiger partial charge in [0.2, 0.25) is 0 Å². The normalized spacial score (nSPS) is 13.9. The standard InChI is InChI=1S/C23H20N4O7S/c24-20(11-14-26-21(28)18-3-1-2-4-19(18)22(26)29)23(30)27(31)35(32,33)17-7-5-15(6-8-17)34-16-9-12-25-13-10-16/h1-10,12-13,20,31H,11,14,24H2. The van der Waals surface area contributed by atoms with E-state index < -0.39 is 38.3 Å². The average Bonchev–Trinajstić information content (AvgIpc) is 3.12. The maximum atomic E-state index is 12.7. The summed E-state index contributed by atoms with van der Waals surface area (Å²) in [6, 6.07) is 13.0. The van der Waals surface area contributed by atoms with Crippen LogP contribution in [0.3, 0.4) is 0 Å². The summed E-state index contributed by atoms with van der Waals surface area (Å²) in [6.45, 7) is -0.228. The molecule has 12 heteroatoms. The van der Waals surface area contributed by atoms with Gasteiger partial charge >= 0.3 is 0 Å². The molecule has 0 aliphatic carbocycles. The second-order valence-electron chi connectivity index (χ2n) is 7.55. The van der Waals surface area contributed by atoms with Crippen molar-refractivity contribution in [2.45, 2.75) is 17.4 Å². The van der Waals surface area contributed by atoms with Crippen LogP contribution >= 0.6 is 0 Å². The number of hydroxylamine groups is 1. The zero-order chi connectivity index (χ0) is 25.2. The van der Waals surface area contributed by atoms with E-state index in [2.05, 4.69) is 4.98 Å². The summed E-state index contributed by atoms with van der Waals surface area (Å²) >= 11 is 0. The van der Waals surface area contributed by atoms with Crippen molar-refractivity contribution in [1.29, 1.82) is 0 Å². The van der Waals surface area contributed by atoms with E-state index in [1.165, 1.54) is 36.7 Å². The van der Waals surface area contributed by atoms with E-state index in [-0.39, 0.29) is 29.0 Å². The fourth-order valence-electron chi connectivity index (χ4n) is 3.42. The molecule has 0 fully saturated rings. The molecule has 1 aromatic heterocycles. The second kappa shape index (κ2) is 9.62. The van der Waals surface area contributed by atoms with Gasteiger partial charge in [0, 0.05) is 18.9 Å². The van der Waals surface area contributed by atoms with Crippen LogP contribution in [-0.4, -0.2) is 58.3 Å². The van der Waals surface area contributed by atoms with E-state index in [0.717, 1.165) is 17.0 Å². The van der Waals surface area contributed by atoms with Crippen LogP contribution in [0, 0.1) is 0 Å². The second-order valence-corrected chi connectivity index (χ2v) is 9.31. The van der Waals surface area contributed by atoms with Gasteiger partial charge in [0.25, 0.3) is 27.7 Å². The van der Waals surface area contributed by atoms with Crippen LogP contribution < -0.4 is 10.5 Å². The number of carbonyl (C=O) groups is 3. The van der Waals surface area contributed by atoms with Crippen LogP contribution in [0.25, 0.3) is 0 Å². The summed E-state index contributed by atoms with van der Waals surface area (Å²) in [4.78, 5) is 41.8. The Kier molecular flexibility index (Phi) is 6.60. The first kappa shape index (κ1) is 24.0. The number of hydrogen-bond donors (Lipinski definition) is 2. The van der Waals surface area contributed by atoms with Crippen molar-refractivity contribution in [3.63, 3.8) is 0 Å². The Bertz CT molecular complexity index is 1340. The van der Waals surface area contributed by atoms with Crippen molar-refractivity contribution in [1.82, 2.24) is 14.4 Å². The predicted octanol–water partition coefficient (Wildman–Crippen LogP) is 1.79. The molecular weight excluding hydrogens is 476 g/mol. The highest BCUT2D eigenvalue weighted by Crippen LogP contribution is 2.25. The van der Waals surface area contributed by atoms with Crippen LogP contribution in [0.1, 0.15) is 27.1 Å². The van der Waals surface area contributed by atoms with Crippen molar-refractivity contribution >= 4 is 27.7 Å². The van der Waals surface area contributed by atoms with Crippen LogP contribution in [0.4, 0.5) is 0 Å². The van der Waals surface area contributed by atoms with Gasteiger partial charge in [-0.25, -0.2) is 0 Å². The highest BCUT2D eigenvalue weighted by molar-refractivity contribution is 7.89. The number of carbonyl (C=O) groups excluding carboxylic acids is 3. The molecule has 2 heterocycles. The number of sulfonamides is 1. The lowest BCUT2D eigenvalue weighted by Gasteiger charge is -2.21. The first-order valence-electron chi connectivity index (χ1n) is 10.4. The van der Waals surface area contributed by atoms with E-state index in [4.69, 9.17) is 10.5 Å². The smallest absolute Gasteiger partial charge is 0.289 e. The van der Waals surface area contributed by atoms with Crippen molar-refractivity contribution in [2.75, 3.05) is 6.54 Å². The SMILES string of the molecule is NC(CCN1C(=O)c2ccccc2C1=O)C(=O)N(O)S(=O)(=O)c1ccc(Oc2ccncc2)cc1. The number of aromatic nitrogens is 1. The van der Waals surface area contributed by atoms with E-state index >= 15 is 0 Å². The number of nitrogens with zero attached hydrogens (tertiary/aromatic N) is 3. The van der Waals surface area contributed by atoms with Gasteiger partial charge in [-0.15, -0.1) is 4.47 Å². The van der Waals surface area contributed by atoms with Gasteiger partial charge in [0.1, 0.15) is 11.5 Å². The minimum absolute atomic E-state index is 0.228. The monoisotopic (exact) mass is 496 g/mol. The third-order valence-corrected chi connectivity index (χ3v) is 6.79. The molecule has 0 saturated heterocycles. The van der Waals surface area contributed by atoms with Gasteiger partial charge in [-0.1, -0.05) is 12.1 Å². The molecule has 0 saturated carbocycles. The molecule has 4 rings (SSSR count). The Hall–Kier alpha value is -4.13. The molecule has 1 aliphatic rings. The first-order valence-corrected chi connectivity index (χ1v) is 11.8. The van der Waals surface area contributed by atoms with E-state index in [1.54, 1.807) is 24.3 Å². The first-order chi connectivity index (χ1) is 16.7. The van der Waals surface area contributed by atoms with Gasteiger partial charge in [-0.3, -0.25) is 29.5 Å². The molecule has 0 bridgehead atoms. The number of benzene rings is 2. The highest BCUT2D eigenvalue weighted by atomic mass is 32.2. The molecule has 1 aliphatic heterocycles. The Balaban J connectivity index is 1.39. The fraction of sp³-hybridized carbons (Fsp3) is 0.130. The summed E-state index contributed by atoms with van der Waals surface area (Å²) in [5.41, 5.74) is 6.26. The van der Waals surface area contributed by atoms with E-state index in [9.17, 15) is 28.0 Å². The highest BCUT2D eigenvalue weighted by Gasteiger charge is 2.37. The van der Waals surface area contributed by atoms with Crippen molar-refractivity contribution < 1.29 is 32.7 Å². The largest absolute Gasteiger partial charge is 0.457 e. The average molecular weight is 497 g/mol. The summed E-state index contributed by atoms with van der Waals surface area (Å²) < 4.78 is 30.5. The lowest BCUT2D eigenvalue weighted by atomic mass is 10.1. The predicted molar refractivity (Wildman–Crippen MR) is 121 cm³/mol.